The maximum atomic E-state index is 11.3. The Hall–Kier alpha value is -0.0900. The smallest absolute Gasteiger partial charge is 0.246 e. The number of carbonyl (C=O) groups excluding carboxylic acids is 1. The SMILES string of the molecule is CC(CCCBr)NC(=O)COC(C)C. The van der Waals surface area contributed by atoms with Gasteiger partial charge in [0.25, 0.3) is 0 Å². The Morgan fingerprint density at radius 2 is 2.07 bits per heavy atom. The second kappa shape index (κ2) is 8.24. The predicted molar refractivity (Wildman–Crippen MR) is 61.7 cm³/mol. The molecule has 1 atom stereocenters. The van der Waals surface area contributed by atoms with Gasteiger partial charge in [0.15, 0.2) is 0 Å². The summed E-state index contributed by atoms with van der Waals surface area (Å²) in [6, 6.07) is 0.232. The van der Waals surface area contributed by atoms with Crippen molar-refractivity contribution in [1.29, 1.82) is 0 Å². The van der Waals surface area contributed by atoms with Crippen molar-refractivity contribution in [2.24, 2.45) is 0 Å². The molecule has 0 bridgehead atoms. The maximum Gasteiger partial charge on any atom is 0.246 e. The standard InChI is InChI=1S/C10H20BrNO2/c1-8(2)14-7-10(13)12-9(3)5-4-6-11/h8-9H,4-7H2,1-3H3,(H,12,13). The van der Waals surface area contributed by atoms with Gasteiger partial charge in [0.05, 0.1) is 6.10 Å². The second-order valence-electron chi connectivity index (χ2n) is 3.66. The van der Waals surface area contributed by atoms with Crippen LogP contribution >= 0.6 is 15.9 Å². The molecule has 1 unspecified atom stereocenters. The maximum absolute atomic E-state index is 11.3. The van der Waals surface area contributed by atoms with Gasteiger partial charge in [0.2, 0.25) is 5.91 Å². The molecule has 0 aliphatic carbocycles. The summed E-state index contributed by atoms with van der Waals surface area (Å²) in [5, 5.41) is 3.87. The summed E-state index contributed by atoms with van der Waals surface area (Å²) in [5.74, 6) is -0.0271. The first kappa shape index (κ1) is 13.9. The highest BCUT2D eigenvalue weighted by molar-refractivity contribution is 9.09. The van der Waals surface area contributed by atoms with Crippen molar-refractivity contribution >= 4 is 21.8 Å². The van der Waals surface area contributed by atoms with E-state index < -0.39 is 0 Å². The van der Waals surface area contributed by atoms with Gasteiger partial charge in [-0.2, -0.15) is 0 Å². The van der Waals surface area contributed by atoms with E-state index in [-0.39, 0.29) is 24.7 Å². The van der Waals surface area contributed by atoms with Gasteiger partial charge in [-0.15, -0.1) is 0 Å². The van der Waals surface area contributed by atoms with Crippen LogP contribution < -0.4 is 5.32 Å². The van der Waals surface area contributed by atoms with Gasteiger partial charge in [-0.1, -0.05) is 15.9 Å². The molecule has 0 saturated heterocycles. The Morgan fingerprint density at radius 3 is 2.57 bits per heavy atom. The molecule has 84 valence electrons. The van der Waals surface area contributed by atoms with Crippen molar-refractivity contribution in [3.8, 4) is 0 Å². The largest absolute Gasteiger partial charge is 0.369 e. The number of alkyl halides is 1. The molecule has 0 saturated carbocycles. The molecular formula is C10H20BrNO2. The summed E-state index contributed by atoms with van der Waals surface area (Å²) >= 11 is 3.36. The molecule has 1 amide bonds. The molecule has 0 aromatic rings. The topological polar surface area (TPSA) is 38.3 Å². The van der Waals surface area contributed by atoms with E-state index in [0.717, 1.165) is 18.2 Å². The average molecular weight is 266 g/mol. The molecular weight excluding hydrogens is 246 g/mol. The fourth-order valence-electron chi connectivity index (χ4n) is 1.01. The molecule has 1 N–H and O–H groups in total. The molecule has 0 aromatic carbocycles. The Kier molecular flexibility index (Phi) is 8.18. The summed E-state index contributed by atoms with van der Waals surface area (Å²) < 4.78 is 5.19. The number of ether oxygens (including phenoxy) is 1. The van der Waals surface area contributed by atoms with Crippen LogP contribution in [0.15, 0.2) is 0 Å². The van der Waals surface area contributed by atoms with Crippen molar-refractivity contribution in [2.45, 2.75) is 45.8 Å². The van der Waals surface area contributed by atoms with Crippen LogP contribution in [0.2, 0.25) is 0 Å². The summed E-state index contributed by atoms with van der Waals surface area (Å²) in [6.45, 7) is 6.01. The van der Waals surface area contributed by atoms with Crippen LogP contribution in [0.1, 0.15) is 33.6 Å². The van der Waals surface area contributed by atoms with Crippen LogP contribution in [0.5, 0.6) is 0 Å². The monoisotopic (exact) mass is 265 g/mol. The summed E-state index contributed by atoms with van der Waals surface area (Å²) in [7, 11) is 0. The Morgan fingerprint density at radius 1 is 1.43 bits per heavy atom. The van der Waals surface area contributed by atoms with Crippen LogP contribution in [0.4, 0.5) is 0 Å². The van der Waals surface area contributed by atoms with Gasteiger partial charge in [0.1, 0.15) is 6.61 Å². The van der Waals surface area contributed by atoms with Gasteiger partial charge in [-0.25, -0.2) is 0 Å². The molecule has 4 heteroatoms. The third kappa shape index (κ3) is 8.51. The highest BCUT2D eigenvalue weighted by atomic mass is 79.9. The van der Waals surface area contributed by atoms with Crippen LogP contribution in [0.25, 0.3) is 0 Å². The second-order valence-corrected chi connectivity index (χ2v) is 4.45. The first-order valence-electron chi connectivity index (χ1n) is 5.03. The van der Waals surface area contributed by atoms with Gasteiger partial charge in [-0.05, 0) is 33.6 Å². The number of halogens is 1. The summed E-state index contributed by atoms with van der Waals surface area (Å²) in [5.41, 5.74) is 0. The number of hydrogen-bond acceptors (Lipinski definition) is 2. The van der Waals surface area contributed by atoms with Crippen molar-refractivity contribution in [3.05, 3.63) is 0 Å². The van der Waals surface area contributed by atoms with E-state index >= 15 is 0 Å². The molecule has 0 aromatic heterocycles. The fourth-order valence-corrected chi connectivity index (χ4v) is 1.34. The highest BCUT2D eigenvalue weighted by Gasteiger charge is 2.07. The highest BCUT2D eigenvalue weighted by Crippen LogP contribution is 1.99. The van der Waals surface area contributed by atoms with E-state index in [1.165, 1.54) is 0 Å². The minimum absolute atomic E-state index is 0.0271. The van der Waals surface area contributed by atoms with E-state index in [0.29, 0.717) is 0 Å². The lowest BCUT2D eigenvalue weighted by Crippen LogP contribution is -2.35. The Balaban J connectivity index is 3.50. The third-order valence-corrected chi connectivity index (χ3v) is 2.29. The molecule has 0 heterocycles. The number of amides is 1. The van der Waals surface area contributed by atoms with Crippen LogP contribution in [0, 0.1) is 0 Å². The van der Waals surface area contributed by atoms with Crippen LogP contribution in [0.3, 0.4) is 0 Å². The lowest BCUT2D eigenvalue weighted by Gasteiger charge is -2.14. The van der Waals surface area contributed by atoms with Gasteiger partial charge >= 0.3 is 0 Å². The van der Waals surface area contributed by atoms with Gasteiger partial charge < -0.3 is 10.1 Å². The summed E-state index contributed by atoms with van der Waals surface area (Å²) in [4.78, 5) is 11.3. The Labute approximate surface area is 94.7 Å². The van der Waals surface area contributed by atoms with E-state index in [1.54, 1.807) is 0 Å². The van der Waals surface area contributed by atoms with Gasteiger partial charge in [-0.3, -0.25) is 4.79 Å². The summed E-state index contributed by atoms with van der Waals surface area (Å²) in [6.07, 6.45) is 2.18. The van der Waals surface area contributed by atoms with Crippen molar-refractivity contribution in [1.82, 2.24) is 5.32 Å². The zero-order chi connectivity index (χ0) is 11.0. The van der Waals surface area contributed by atoms with Gasteiger partial charge in [0, 0.05) is 11.4 Å². The number of nitrogens with one attached hydrogen (secondary N) is 1. The molecule has 0 aliphatic heterocycles. The van der Waals surface area contributed by atoms with E-state index in [4.69, 9.17) is 4.74 Å². The van der Waals surface area contributed by atoms with E-state index in [2.05, 4.69) is 21.2 Å². The minimum Gasteiger partial charge on any atom is -0.369 e. The van der Waals surface area contributed by atoms with E-state index in [1.807, 2.05) is 20.8 Å². The first-order chi connectivity index (χ1) is 6.56. The lowest BCUT2D eigenvalue weighted by molar-refractivity contribution is -0.127. The van der Waals surface area contributed by atoms with Crippen LogP contribution in [-0.2, 0) is 9.53 Å². The van der Waals surface area contributed by atoms with Crippen LogP contribution in [-0.4, -0.2) is 30.0 Å². The molecule has 0 aliphatic rings. The normalized spacial score (nSPS) is 12.9. The number of carbonyl (C=O) groups is 1. The number of hydrogen-bond donors (Lipinski definition) is 1. The zero-order valence-corrected chi connectivity index (χ0v) is 10.8. The minimum atomic E-state index is -0.0271. The molecule has 0 rings (SSSR count). The molecule has 14 heavy (non-hydrogen) atoms. The first-order valence-corrected chi connectivity index (χ1v) is 6.15. The predicted octanol–water partition coefficient (Wildman–Crippen LogP) is 2.09. The third-order valence-electron chi connectivity index (χ3n) is 1.73. The molecule has 0 spiro atoms. The Bertz CT molecular complexity index is 162. The van der Waals surface area contributed by atoms with E-state index in [9.17, 15) is 4.79 Å². The number of rotatable bonds is 7. The molecule has 3 nitrogen and oxygen atoms in total. The average Bonchev–Trinajstić information content (AvgIpc) is 2.11. The molecule has 0 radical (unpaired) electrons. The quantitative estimate of drug-likeness (QED) is 0.716. The van der Waals surface area contributed by atoms with Crippen molar-refractivity contribution in [2.75, 3.05) is 11.9 Å². The van der Waals surface area contributed by atoms with Crippen molar-refractivity contribution < 1.29 is 9.53 Å². The fraction of sp³-hybridized carbons (Fsp3) is 0.900. The zero-order valence-electron chi connectivity index (χ0n) is 9.18. The lowest BCUT2D eigenvalue weighted by atomic mass is 10.2. The van der Waals surface area contributed by atoms with Crippen molar-refractivity contribution in [3.63, 3.8) is 0 Å². The molecule has 0 fully saturated rings.